The maximum absolute atomic E-state index is 2.30. The Hall–Kier alpha value is -0.829. The number of rotatable bonds is 2. The zero-order valence-corrected chi connectivity index (χ0v) is 26.6. The molecule has 0 aliphatic carbocycles. The summed E-state index contributed by atoms with van der Waals surface area (Å²) in [7, 11) is 0. The summed E-state index contributed by atoms with van der Waals surface area (Å²) in [4.78, 5) is 0. The van der Waals surface area contributed by atoms with Gasteiger partial charge in [0.15, 0.2) is 0 Å². The summed E-state index contributed by atoms with van der Waals surface area (Å²) in [6.07, 6.45) is 0.120. The van der Waals surface area contributed by atoms with Crippen molar-refractivity contribution in [1.29, 1.82) is 0 Å². The van der Waals surface area contributed by atoms with Gasteiger partial charge in [0.05, 0.1) is 0 Å². The van der Waals surface area contributed by atoms with Gasteiger partial charge in [-0.25, -0.2) is 0 Å². The smallest absolute Gasteiger partial charge is 0.0308 e. The third-order valence-electron chi connectivity index (χ3n) is 5.81. The molecule has 0 radical (unpaired) electrons. The summed E-state index contributed by atoms with van der Waals surface area (Å²) >= 11 is 2.27. The van der Waals surface area contributed by atoms with Gasteiger partial charge in [0.25, 0.3) is 0 Å². The molecule has 0 fully saturated rings. The van der Waals surface area contributed by atoms with Crippen molar-refractivity contribution < 1.29 is 44.0 Å². The van der Waals surface area contributed by atoms with Gasteiger partial charge in [-0.3, -0.25) is 0 Å². The van der Waals surface area contributed by atoms with Crippen LogP contribution < -0.4 is 24.8 Å². The van der Waals surface area contributed by atoms with E-state index in [9.17, 15) is 0 Å². The van der Waals surface area contributed by atoms with E-state index in [1.54, 1.807) is 0 Å². The summed E-state index contributed by atoms with van der Waals surface area (Å²) < 4.78 is 0. The first kappa shape index (κ1) is 33.2. The Labute approximate surface area is 232 Å². The standard InChI is InChI=1S/2C14H17.C2H6Si.2ClH.Ti/c2*1-9(2)12-6-5-11(4)13-7-10(3)8-14(12)13;1-3-2;;;/h2*5-9H,1-4H3;1-2H3;2*1H;/q2*-1;;;;+2/p-2. The average molecular weight is 548 g/mol. The predicted octanol–water partition coefficient (Wildman–Crippen LogP) is 3.39. The second-order valence-electron chi connectivity index (χ2n) is 9.97. The Morgan fingerprint density at radius 3 is 1.21 bits per heavy atom. The molecule has 34 heavy (non-hydrogen) atoms. The van der Waals surface area contributed by atoms with Crippen LogP contribution in [0.15, 0.2) is 48.5 Å². The topological polar surface area (TPSA) is 0 Å². The Morgan fingerprint density at radius 2 is 0.941 bits per heavy atom. The molecule has 0 aliphatic heterocycles. The van der Waals surface area contributed by atoms with Crippen LogP contribution in [-0.4, -0.2) is 6.19 Å². The summed E-state index contributed by atoms with van der Waals surface area (Å²) in [5.41, 5.74) is 8.46. The fourth-order valence-corrected chi connectivity index (χ4v) is 4.23. The van der Waals surface area contributed by atoms with E-state index in [1.165, 1.54) is 54.9 Å². The van der Waals surface area contributed by atoms with Crippen molar-refractivity contribution in [2.75, 3.05) is 0 Å². The maximum Gasteiger partial charge on any atom is -0.0308 e. The van der Waals surface area contributed by atoms with E-state index in [-0.39, 0.29) is 31.0 Å². The quantitative estimate of drug-likeness (QED) is 0.267. The molecule has 0 spiro atoms. The first-order valence-electron chi connectivity index (χ1n) is 11.8. The maximum atomic E-state index is 2.30. The van der Waals surface area contributed by atoms with Crippen molar-refractivity contribution in [2.24, 2.45) is 0 Å². The zero-order valence-electron chi connectivity index (χ0n) is 22.5. The molecule has 0 amide bonds. The van der Waals surface area contributed by atoms with Crippen LogP contribution in [-0.2, 0) is 19.2 Å². The summed E-state index contributed by atoms with van der Waals surface area (Å²) in [5, 5.41) is 5.73. The minimum atomic E-state index is 0. The normalized spacial score (nSPS) is 10.3. The molecule has 4 heteroatoms. The van der Waals surface area contributed by atoms with Crippen molar-refractivity contribution in [3.8, 4) is 0 Å². The van der Waals surface area contributed by atoms with Crippen molar-refractivity contribution in [3.05, 3.63) is 81.9 Å². The molecular weight excluding hydrogens is 507 g/mol. The molecule has 0 saturated carbocycles. The van der Waals surface area contributed by atoms with E-state index in [4.69, 9.17) is 0 Å². The van der Waals surface area contributed by atoms with E-state index in [1.807, 2.05) is 0 Å². The second-order valence-corrected chi connectivity index (χ2v) is 16.7. The predicted molar refractivity (Wildman–Crippen MR) is 144 cm³/mol. The molecule has 0 heterocycles. The Kier molecular flexibility index (Phi) is 14.3. The minimum Gasteiger partial charge on any atom is -1.00 e. The van der Waals surface area contributed by atoms with Gasteiger partial charge in [0.2, 0.25) is 0 Å². The molecule has 0 bridgehead atoms. The van der Waals surface area contributed by atoms with Crippen LogP contribution in [0, 0.1) is 27.7 Å². The number of benzene rings is 2. The van der Waals surface area contributed by atoms with E-state index in [0.29, 0.717) is 11.8 Å². The fourth-order valence-electron chi connectivity index (χ4n) is 4.23. The SMILES string of the molecule is C[Si](C)=[Ti+2].Cc1cc2c(C(C)C)ccc(C)c2[cH-]1.Cc1cc2c(C(C)C)ccc(C)c2[cH-]1.[Cl-].[Cl-]. The second kappa shape index (κ2) is 14.7. The average Bonchev–Trinajstić information content (AvgIpc) is 3.25. The number of hydrogen-bond donors (Lipinski definition) is 0. The molecular formula is C30H40Cl2SiTi-2. The van der Waals surface area contributed by atoms with E-state index < -0.39 is 0 Å². The number of fused-ring (bicyclic) bond motifs is 2. The Bertz CT molecular complexity index is 1120. The van der Waals surface area contributed by atoms with Crippen molar-refractivity contribution >= 4 is 27.7 Å². The van der Waals surface area contributed by atoms with E-state index in [2.05, 4.69) is 136 Å². The molecule has 4 aromatic rings. The molecule has 184 valence electrons. The molecule has 4 aromatic carbocycles. The number of halogens is 2. The van der Waals surface area contributed by atoms with Crippen LogP contribution in [0.2, 0.25) is 13.1 Å². The molecule has 0 aliphatic rings. The number of aryl methyl sites for hydroxylation is 4. The molecule has 0 atom stereocenters. The van der Waals surface area contributed by atoms with Crippen LogP contribution >= 0.6 is 0 Å². The van der Waals surface area contributed by atoms with Crippen molar-refractivity contribution in [1.82, 2.24) is 0 Å². The van der Waals surface area contributed by atoms with Crippen molar-refractivity contribution in [2.45, 2.75) is 80.3 Å². The Balaban J connectivity index is 0.000000528. The summed E-state index contributed by atoms with van der Waals surface area (Å²) in [5.74, 6) is 1.22. The van der Waals surface area contributed by atoms with Crippen molar-refractivity contribution in [3.63, 3.8) is 0 Å². The monoisotopic (exact) mass is 546 g/mol. The van der Waals surface area contributed by atoms with Gasteiger partial charge in [0, 0.05) is 0 Å². The first-order valence-corrected chi connectivity index (χ1v) is 16.6. The van der Waals surface area contributed by atoms with Gasteiger partial charge in [0.1, 0.15) is 0 Å². The van der Waals surface area contributed by atoms with Crippen LogP contribution in [0.1, 0.15) is 72.9 Å². The van der Waals surface area contributed by atoms with E-state index in [0.717, 1.165) is 0 Å². The van der Waals surface area contributed by atoms with Gasteiger partial charge >= 0.3 is 38.5 Å². The van der Waals surface area contributed by atoms with Gasteiger partial charge in [-0.05, 0) is 11.8 Å². The molecule has 0 N–H and O–H groups in total. The molecule has 4 rings (SSSR count). The summed E-state index contributed by atoms with van der Waals surface area (Å²) in [6, 6.07) is 18.2. The van der Waals surface area contributed by atoms with Crippen LogP contribution in [0.3, 0.4) is 0 Å². The third-order valence-corrected chi connectivity index (χ3v) is 5.81. The minimum absolute atomic E-state index is 0. The number of hydrogen-bond acceptors (Lipinski definition) is 0. The van der Waals surface area contributed by atoms with Gasteiger partial charge in [-0.1, -0.05) is 78.6 Å². The van der Waals surface area contributed by atoms with Gasteiger partial charge < -0.3 is 24.8 Å². The molecule has 0 saturated heterocycles. The molecule has 0 nitrogen and oxygen atoms in total. The zero-order chi connectivity index (χ0) is 24.2. The van der Waals surface area contributed by atoms with Gasteiger partial charge in [-0.15, -0.1) is 68.1 Å². The summed E-state index contributed by atoms with van der Waals surface area (Å²) in [6.45, 7) is 22.3. The third kappa shape index (κ3) is 8.68. The largest absolute Gasteiger partial charge is 1.00 e. The van der Waals surface area contributed by atoms with Crippen LogP contribution in [0.5, 0.6) is 0 Å². The molecule has 0 aromatic heterocycles. The first-order chi connectivity index (χ1) is 14.9. The Morgan fingerprint density at radius 1 is 0.647 bits per heavy atom. The van der Waals surface area contributed by atoms with Gasteiger partial charge in [-0.2, -0.15) is 12.1 Å². The van der Waals surface area contributed by atoms with Crippen LogP contribution in [0.4, 0.5) is 0 Å². The van der Waals surface area contributed by atoms with Crippen LogP contribution in [0.25, 0.3) is 21.5 Å². The fraction of sp³-hybridized carbons (Fsp3) is 0.400. The van der Waals surface area contributed by atoms with E-state index >= 15 is 0 Å². The molecule has 0 unspecified atom stereocenters.